The van der Waals surface area contributed by atoms with Gasteiger partial charge in [0, 0.05) is 13.2 Å². The Balaban J connectivity index is 1.65. The summed E-state index contributed by atoms with van der Waals surface area (Å²) in [6.07, 6.45) is 3.25. The Morgan fingerprint density at radius 3 is 2.23 bits per heavy atom. The molecule has 0 saturated carbocycles. The lowest BCUT2D eigenvalue weighted by Gasteiger charge is -2.26. The molecule has 0 spiro atoms. The number of ether oxygens (including phenoxy) is 1. The highest BCUT2D eigenvalue weighted by atomic mass is 16.6. The van der Waals surface area contributed by atoms with Crippen LogP contribution < -0.4 is 15.8 Å². The third kappa shape index (κ3) is 4.47. The Morgan fingerprint density at radius 2 is 1.67 bits per heavy atom. The molecule has 9 heteroatoms. The number of nitro groups is 1. The molecular formula is C21H22N6O3. The van der Waals surface area contributed by atoms with Crippen molar-refractivity contribution in [3.63, 3.8) is 0 Å². The molecule has 1 fully saturated rings. The summed E-state index contributed by atoms with van der Waals surface area (Å²) in [6.45, 7) is 1.17. The predicted octanol–water partition coefficient (Wildman–Crippen LogP) is 4.14. The highest BCUT2D eigenvalue weighted by Crippen LogP contribution is 2.33. The molecule has 3 aromatic rings. The van der Waals surface area contributed by atoms with Gasteiger partial charge in [0.25, 0.3) is 0 Å². The minimum absolute atomic E-state index is 0.0288. The lowest BCUT2D eigenvalue weighted by Crippen LogP contribution is -2.26. The highest BCUT2D eigenvalue weighted by molar-refractivity contribution is 5.74. The Hall–Kier alpha value is -3.72. The van der Waals surface area contributed by atoms with Gasteiger partial charge in [-0.25, -0.2) is 9.97 Å². The third-order valence-electron chi connectivity index (χ3n) is 4.77. The van der Waals surface area contributed by atoms with Gasteiger partial charge in [0.05, 0.1) is 22.4 Å². The van der Waals surface area contributed by atoms with Gasteiger partial charge in [0.1, 0.15) is 6.33 Å². The van der Waals surface area contributed by atoms with E-state index in [2.05, 4.69) is 20.7 Å². The van der Waals surface area contributed by atoms with Gasteiger partial charge >= 0.3 is 5.69 Å². The zero-order chi connectivity index (χ0) is 20.8. The Kier molecular flexibility index (Phi) is 6.00. The van der Waals surface area contributed by atoms with Crippen LogP contribution in [0.25, 0.3) is 0 Å². The predicted molar refractivity (Wildman–Crippen MR) is 115 cm³/mol. The van der Waals surface area contributed by atoms with Crippen LogP contribution in [0.5, 0.6) is 0 Å². The fourth-order valence-corrected chi connectivity index (χ4v) is 3.32. The van der Waals surface area contributed by atoms with E-state index in [-0.39, 0.29) is 23.4 Å². The number of rotatable bonds is 8. The first-order valence-electron chi connectivity index (χ1n) is 9.74. The molecule has 1 atom stereocenters. The molecule has 30 heavy (non-hydrogen) atoms. The van der Waals surface area contributed by atoms with Gasteiger partial charge in [-0.15, -0.1) is 0 Å². The smallest absolute Gasteiger partial charge is 0.354 e. The standard InChI is InChI=1S/C21H22N6O3/c28-27(29)19-20(22-14-18-12-7-13-30-18)23-15-24-21(19)25-26(16-8-3-1-4-9-16)17-10-5-2-6-11-17/h1-6,8-11,15,18H,7,12-14H2,(H2,22,23,24,25). The summed E-state index contributed by atoms with van der Waals surface area (Å²) in [5, 5.41) is 16.7. The molecule has 1 saturated heterocycles. The molecule has 0 bridgehead atoms. The third-order valence-corrected chi connectivity index (χ3v) is 4.77. The average Bonchev–Trinajstić information content (AvgIpc) is 3.31. The van der Waals surface area contributed by atoms with Crippen molar-refractivity contribution in [1.29, 1.82) is 0 Å². The van der Waals surface area contributed by atoms with Crippen molar-refractivity contribution in [2.45, 2.75) is 18.9 Å². The van der Waals surface area contributed by atoms with Crippen LogP contribution in [0.1, 0.15) is 12.8 Å². The van der Waals surface area contributed by atoms with Crippen LogP contribution in [0.2, 0.25) is 0 Å². The summed E-state index contributed by atoms with van der Waals surface area (Å²) in [7, 11) is 0. The van der Waals surface area contributed by atoms with E-state index in [1.807, 2.05) is 60.7 Å². The topological polar surface area (TPSA) is 105 Å². The number of nitrogens with zero attached hydrogens (tertiary/aromatic N) is 4. The molecule has 1 aliphatic heterocycles. The van der Waals surface area contributed by atoms with Gasteiger partial charge in [-0.1, -0.05) is 36.4 Å². The zero-order valence-corrected chi connectivity index (χ0v) is 16.3. The molecule has 0 aliphatic carbocycles. The summed E-state index contributed by atoms with van der Waals surface area (Å²) in [5.74, 6) is 0.256. The van der Waals surface area contributed by atoms with E-state index in [4.69, 9.17) is 4.74 Å². The number of benzene rings is 2. The molecule has 1 aromatic heterocycles. The highest BCUT2D eigenvalue weighted by Gasteiger charge is 2.26. The van der Waals surface area contributed by atoms with Gasteiger partial charge in [-0.3, -0.25) is 20.5 Å². The van der Waals surface area contributed by atoms with Gasteiger partial charge in [-0.2, -0.15) is 0 Å². The zero-order valence-electron chi connectivity index (χ0n) is 16.3. The van der Waals surface area contributed by atoms with Crippen LogP contribution in [-0.4, -0.2) is 34.1 Å². The number of hydrazine groups is 1. The van der Waals surface area contributed by atoms with Crippen molar-refractivity contribution in [2.75, 3.05) is 28.9 Å². The fraction of sp³-hybridized carbons (Fsp3) is 0.238. The minimum Gasteiger partial charge on any atom is -0.376 e. The van der Waals surface area contributed by atoms with Crippen molar-refractivity contribution in [3.8, 4) is 0 Å². The van der Waals surface area contributed by atoms with E-state index in [0.29, 0.717) is 13.2 Å². The molecule has 9 nitrogen and oxygen atoms in total. The molecule has 2 aromatic carbocycles. The Labute approximate surface area is 173 Å². The molecule has 2 heterocycles. The normalized spacial score (nSPS) is 15.5. The Bertz CT molecular complexity index is 941. The van der Waals surface area contributed by atoms with Crippen LogP contribution in [0.3, 0.4) is 0 Å². The maximum Gasteiger partial charge on any atom is 0.354 e. The van der Waals surface area contributed by atoms with Crippen LogP contribution in [0.4, 0.5) is 28.7 Å². The number of para-hydroxylation sites is 2. The number of hydrogen-bond acceptors (Lipinski definition) is 8. The van der Waals surface area contributed by atoms with Crippen molar-refractivity contribution in [3.05, 3.63) is 77.1 Å². The lowest BCUT2D eigenvalue weighted by atomic mass is 10.2. The molecule has 154 valence electrons. The first kappa shape index (κ1) is 19.6. The molecule has 1 unspecified atom stereocenters. The minimum atomic E-state index is -0.478. The van der Waals surface area contributed by atoms with E-state index in [0.717, 1.165) is 24.2 Å². The van der Waals surface area contributed by atoms with E-state index < -0.39 is 4.92 Å². The van der Waals surface area contributed by atoms with Crippen molar-refractivity contribution in [1.82, 2.24) is 9.97 Å². The van der Waals surface area contributed by atoms with Crippen molar-refractivity contribution in [2.24, 2.45) is 0 Å². The van der Waals surface area contributed by atoms with Crippen LogP contribution in [0, 0.1) is 10.1 Å². The monoisotopic (exact) mass is 406 g/mol. The second-order valence-corrected chi connectivity index (χ2v) is 6.81. The van der Waals surface area contributed by atoms with Crippen LogP contribution in [0.15, 0.2) is 67.0 Å². The molecular weight excluding hydrogens is 384 g/mol. The van der Waals surface area contributed by atoms with Crippen molar-refractivity contribution < 1.29 is 9.66 Å². The molecule has 2 N–H and O–H groups in total. The molecule has 4 rings (SSSR count). The van der Waals surface area contributed by atoms with E-state index in [1.54, 1.807) is 5.01 Å². The SMILES string of the molecule is O=[N+]([O-])c1c(NCC2CCCO2)ncnc1NN(c1ccccc1)c1ccccc1. The summed E-state index contributed by atoms with van der Waals surface area (Å²) < 4.78 is 5.59. The molecule has 0 radical (unpaired) electrons. The fourth-order valence-electron chi connectivity index (χ4n) is 3.32. The van der Waals surface area contributed by atoms with Gasteiger partial charge in [-0.05, 0) is 37.1 Å². The van der Waals surface area contributed by atoms with Crippen LogP contribution >= 0.6 is 0 Å². The summed E-state index contributed by atoms with van der Waals surface area (Å²) in [5.41, 5.74) is 4.51. The number of hydrogen-bond donors (Lipinski definition) is 2. The maximum atomic E-state index is 11.9. The van der Waals surface area contributed by atoms with Gasteiger partial charge in [0.15, 0.2) is 0 Å². The lowest BCUT2D eigenvalue weighted by molar-refractivity contribution is -0.383. The second kappa shape index (κ2) is 9.19. The van der Waals surface area contributed by atoms with Crippen molar-refractivity contribution >= 4 is 28.7 Å². The Morgan fingerprint density at radius 1 is 1.03 bits per heavy atom. The summed E-state index contributed by atoms with van der Waals surface area (Å²) >= 11 is 0. The van der Waals surface area contributed by atoms with Gasteiger partial charge in [0.2, 0.25) is 11.6 Å². The average molecular weight is 406 g/mol. The summed E-state index contributed by atoms with van der Waals surface area (Å²) in [6, 6.07) is 19.0. The number of anilines is 4. The molecule has 0 amide bonds. The van der Waals surface area contributed by atoms with Crippen LogP contribution in [-0.2, 0) is 4.74 Å². The molecule has 1 aliphatic rings. The summed E-state index contributed by atoms with van der Waals surface area (Å²) in [4.78, 5) is 19.7. The second-order valence-electron chi connectivity index (χ2n) is 6.81. The maximum absolute atomic E-state index is 11.9. The number of nitrogens with one attached hydrogen (secondary N) is 2. The first-order valence-corrected chi connectivity index (χ1v) is 9.74. The largest absolute Gasteiger partial charge is 0.376 e. The number of aromatic nitrogens is 2. The van der Waals surface area contributed by atoms with E-state index >= 15 is 0 Å². The van der Waals surface area contributed by atoms with Gasteiger partial charge < -0.3 is 10.1 Å². The van der Waals surface area contributed by atoms with E-state index in [1.165, 1.54) is 6.33 Å². The quantitative estimate of drug-likeness (QED) is 0.425. The first-order chi connectivity index (χ1) is 14.7. The van der Waals surface area contributed by atoms with E-state index in [9.17, 15) is 10.1 Å².